The highest BCUT2D eigenvalue weighted by Crippen LogP contribution is 2.30. The van der Waals surface area contributed by atoms with Crippen LogP contribution in [-0.2, 0) is 0 Å². The van der Waals surface area contributed by atoms with Gasteiger partial charge in [-0.3, -0.25) is 0 Å². The van der Waals surface area contributed by atoms with Gasteiger partial charge in [0.15, 0.2) is 11.5 Å². The summed E-state index contributed by atoms with van der Waals surface area (Å²) in [6, 6.07) is 11.6. The van der Waals surface area contributed by atoms with Gasteiger partial charge in [-0.2, -0.15) is 5.26 Å². The molecule has 158 valence electrons. The van der Waals surface area contributed by atoms with Crippen molar-refractivity contribution in [1.82, 2.24) is 25.5 Å². The number of nitrogens with one attached hydrogen (secondary N) is 3. The van der Waals surface area contributed by atoms with Crippen LogP contribution in [0.2, 0.25) is 0 Å². The highest BCUT2D eigenvalue weighted by atomic mass is 16.5. The highest BCUT2D eigenvalue weighted by Gasteiger charge is 2.16. The molecule has 31 heavy (non-hydrogen) atoms. The van der Waals surface area contributed by atoms with Crippen LogP contribution in [0.4, 0.5) is 17.3 Å². The van der Waals surface area contributed by atoms with Crippen LogP contribution in [0.15, 0.2) is 42.7 Å². The maximum atomic E-state index is 8.88. The summed E-state index contributed by atoms with van der Waals surface area (Å²) in [5.41, 5.74) is 2.81. The van der Waals surface area contributed by atoms with Gasteiger partial charge >= 0.3 is 0 Å². The van der Waals surface area contributed by atoms with Crippen molar-refractivity contribution in [3.05, 3.63) is 48.4 Å². The van der Waals surface area contributed by atoms with Gasteiger partial charge < -0.3 is 20.7 Å². The van der Waals surface area contributed by atoms with Crippen LogP contribution >= 0.6 is 0 Å². The first-order valence-electron chi connectivity index (χ1n) is 10.2. The maximum absolute atomic E-state index is 8.88. The van der Waals surface area contributed by atoms with Gasteiger partial charge in [0.1, 0.15) is 23.3 Å². The number of rotatable bonds is 7. The van der Waals surface area contributed by atoms with Crippen molar-refractivity contribution in [3.63, 3.8) is 0 Å². The number of hydrogen-bond donors (Lipinski definition) is 3. The molecular weight excluding hydrogens is 392 g/mol. The van der Waals surface area contributed by atoms with Gasteiger partial charge in [0, 0.05) is 18.2 Å². The van der Waals surface area contributed by atoms with E-state index in [-0.39, 0.29) is 5.69 Å². The maximum Gasteiger partial charge on any atom is 0.158 e. The average Bonchev–Trinajstić information content (AvgIpc) is 2.84. The topological polar surface area (TPSA) is 121 Å². The fraction of sp³-hybridized carbons (Fsp3) is 0.318. The van der Waals surface area contributed by atoms with E-state index in [2.05, 4.69) is 36.1 Å². The molecule has 0 amide bonds. The van der Waals surface area contributed by atoms with E-state index in [1.165, 1.54) is 12.4 Å². The molecule has 1 saturated heterocycles. The lowest BCUT2D eigenvalue weighted by Gasteiger charge is -2.24. The number of methoxy groups -OCH3 is 1. The predicted octanol–water partition coefficient (Wildman–Crippen LogP) is 2.97. The van der Waals surface area contributed by atoms with Crippen LogP contribution in [0.25, 0.3) is 11.3 Å². The molecule has 0 radical (unpaired) electrons. The Kier molecular flexibility index (Phi) is 6.50. The smallest absolute Gasteiger partial charge is 0.158 e. The normalized spacial score (nSPS) is 13.9. The standard InChI is InChI=1S/C22H24N8O/c1-31-18-4-2-3-16(9-18)22-19(26-12-15-5-7-24-8-6-15)10-20(29-30-22)28-21-14-25-17(11-23)13-27-21/h2-4,9-10,13-15,24H,5-8,12H2,1H3,(H2,26,27,28,29). The van der Waals surface area contributed by atoms with Crippen LogP contribution in [0.3, 0.4) is 0 Å². The Bertz CT molecular complexity index is 1060. The van der Waals surface area contributed by atoms with Crippen molar-refractivity contribution in [2.24, 2.45) is 5.92 Å². The summed E-state index contributed by atoms with van der Waals surface area (Å²) in [5, 5.41) is 27.8. The Morgan fingerprint density at radius 2 is 2.00 bits per heavy atom. The number of benzene rings is 1. The zero-order valence-electron chi connectivity index (χ0n) is 17.3. The summed E-state index contributed by atoms with van der Waals surface area (Å²) in [6.07, 6.45) is 5.20. The van der Waals surface area contributed by atoms with E-state index < -0.39 is 0 Å². The predicted molar refractivity (Wildman–Crippen MR) is 118 cm³/mol. The molecule has 0 aliphatic carbocycles. The molecule has 9 heteroatoms. The molecule has 9 nitrogen and oxygen atoms in total. The number of nitrogens with zero attached hydrogens (tertiary/aromatic N) is 5. The van der Waals surface area contributed by atoms with E-state index in [0.717, 1.165) is 55.2 Å². The average molecular weight is 416 g/mol. The Morgan fingerprint density at radius 1 is 1.13 bits per heavy atom. The van der Waals surface area contributed by atoms with Gasteiger partial charge in [0.05, 0.1) is 25.2 Å². The summed E-state index contributed by atoms with van der Waals surface area (Å²) in [7, 11) is 1.65. The molecule has 1 aromatic carbocycles. The summed E-state index contributed by atoms with van der Waals surface area (Å²) in [5.74, 6) is 2.40. The van der Waals surface area contributed by atoms with Gasteiger partial charge in [-0.15, -0.1) is 10.2 Å². The van der Waals surface area contributed by atoms with Crippen LogP contribution in [0, 0.1) is 17.2 Å². The molecule has 1 aliphatic heterocycles. The van der Waals surface area contributed by atoms with Crippen molar-refractivity contribution in [1.29, 1.82) is 5.26 Å². The van der Waals surface area contributed by atoms with Crippen molar-refractivity contribution in [2.45, 2.75) is 12.8 Å². The number of piperidine rings is 1. The van der Waals surface area contributed by atoms with Crippen LogP contribution in [-0.4, -0.2) is 46.9 Å². The number of hydrogen-bond acceptors (Lipinski definition) is 9. The molecule has 0 saturated carbocycles. The first-order valence-corrected chi connectivity index (χ1v) is 10.2. The molecule has 0 unspecified atom stereocenters. The number of ether oxygens (including phenoxy) is 1. The fourth-order valence-electron chi connectivity index (χ4n) is 3.49. The molecule has 3 heterocycles. The lowest BCUT2D eigenvalue weighted by Crippen LogP contribution is -2.31. The molecule has 1 aliphatic rings. The van der Waals surface area contributed by atoms with E-state index in [0.29, 0.717) is 17.6 Å². The Morgan fingerprint density at radius 3 is 2.74 bits per heavy atom. The second kappa shape index (κ2) is 9.82. The minimum absolute atomic E-state index is 0.259. The first-order chi connectivity index (χ1) is 15.2. The van der Waals surface area contributed by atoms with Crippen molar-refractivity contribution in [2.75, 3.05) is 37.4 Å². The lowest BCUT2D eigenvalue weighted by molar-refractivity contribution is 0.390. The zero-order valence-corrected chi connectivity index (χ0v) is 17.3. The summed E-state index contributed by atoms with van der Waals surface area (Å²) >= 11 is 0. The molecular formula is C22H24N8O. The van der Waals surface area contributed by atoms with Crippen molar-refractivity contribution >= 4 is 17.3 Å². The zero-order chi connectivity index (χ0) is 21.5. The Balaban J connectivity index is 1.60. The molecule has 1 fully saturated rings. The minimum atomic E-state index is 0.259. The fourth-order valence-corrected chi connectivity index (χ4v) is 3.49. The third kappa shape index (κ3) is 5.24. The molecule has 4 rings (SSSR count). The van der Waals surface area contributed by atoms with E-state index in [9.17, 15) is 0 Å². The third-order valence-corrected chi connectivity index (χ3v) is 5.20. The molecule has 3 aromatic rings. The minimum Gasteiger partial charge on any atom is -0.497 e. The second-order valence-corrected chi connectivity index (χ2v) is 7.32. The quantitative estimate of drug-likeness (QED) is 0.534. The van der Waals surface area contributed by atoms with Crippen LogP contribution in [0.1, 0.15) is 18.5 Å². The van der Waals surface area contributed by atoms with Gasteiger partial charge in [0.2, 0.25) is 0 Å². The summed E-state index contributed by atoms with van der Waals surface area (Å²) in [4.78, 5) is 8.22. The van der Waals surface area contributed by atoms with Gasteiger partial charge in [-0.25, -0.2) is 9.97 Å². The Labute approximate surface area is 180 Å². The summed E-state index contributed by atoms with van der Waals surface area (Å²) in [6.45, 7) is 2.96. The Hall–Kier alpha value is -3.77. The van der Waals surface area contributed by atoms with Crippen molar-refractivity contribution < 1.29 is 4.74 Å². The third-order valence-electron chi connectivity index (χ3n) is 5.20. The van der Waals surface area contributed by atoms with E-state index >= 15 is 0 Å². The van der Waals surface area contributed by atoms with Gasteiger partial charge in [-0.05, 0) is 44.0 Å². The van der Waals surface area contributed by atoms with Crippen molar-refractivity contribution in [3.8, 4) is 23.1 Å². The highest BCUT2D eigenvalue weighted by molar-refractivity contribution is 5.77. The number of nitriles is 1. The summed E-state index contributed by atoms with van der Waals surface area (Å²) < 4.78 is 5.37. The van der Waals surface area contributed by atoms with Crippen LogP contribution in [0.5, 0.6) is 5.75 Å². The SMILES string of the molecule is COc1cccc(-c2nnc(Nc3cnc(C#N)cn3)cc2NCC2CCNCC2)c1. The molecule has 3 N–H and O–H groups in total. The van der Waals surface area contributed by atoms with E-state index in [4.69, 9.17) is 10.00 Å². The van der Waals surface area contributed by atoms with Crippen LogP contribution < -0.4 is 20.7 Å². The number of anilines is 3. The lowest BCUT2D eigenvalue weighted by atomic mass is 9.98. The molecule has 0 spiro atoms. The molecule has 0 atom stereocenters. The van der Waals surface area contributed by atoms with E-state index in [1.54, 1.807) is 7.11 Å². The largest absolute Gasteiger partial charge is 0.497 e. The van der Waals surface area contributed by atoms with Gasteiger partial charge in [-0.1, -0.05) is 12.1 Å². The first kappa shape index (κ1) is 20.5. The molecule has 2 aromatic heterocycles. The second-order valence-electron chi connectivity index (χ2n) is 7.32. The monoisotopic (exact) mass is 416 g/mol. The van der Waals surface area contributed by atoms with Gasteiger partial charge in [0.25, 0.3) is 0 Å². The molecule has 0 bridgehead atoms. The number of aromatic nitrogens is 4. The van der Waals surface area contributed by atoms with E-state index in [1.807, 2.05) is 36.4 Å².